The zero-order chi connectivity index (χ0) is 11.2. The zero-order valence-corrected chi connectivity index (χ0v) is 9.71. The van der Waals surface area contributed by atoms with Gasteiger partial charge in [-0.15, -0.1) is 0 Å². The quantitative estimate of drug-likeness (QED) is 0.817. The monoisotopic (exact) mass is 239 g/mol. The molecule has 0 aliphatic carbocycles. The second-order valence-corrected chi connectivity index (χ2v) is 6.36. The summed E-state index contributed by atoms with van der Waals surface area (Å²) in [6, 6.07) is 2.69. The molecule has 2 bridgehead atoms. The van der Waals surface area contributed by atoms with E-state index in [0.29, 0.717) is 29.0 Å². The lowest BCUT2D eigenvalue weighted by Crippen LogP contribution is -2.35. The van der Waals surface area contributed by atoms with Gasteiger partial charge in [0.15, 0.2) is 0 Å². The number of pyridine rings is 1. The van der Waals surface area contributed by atoms with Gasteiger partial charge < -0.3 is 5.11 Å². The Hall–Kier alpha value is -0.610. The third kappa shape index (κ3) is 1.74. The van der Waals surface area contributed by atoms with Crippen molar-refractivity contribution in [2.24, 2.45) is 0 Å². The van der Waals surface area contributed by atoms with Crippen LogP contribution in [0.5, 0.6) is 0 Å². The van der Waals surface area contributed by atoms with Crippen molar-refractivity contribution in [3.63, 3.8) is 0 Å². The van der Waals surface area contributed by atoms with E-state index in [1.165, 1.54) is 31.2 Å². The molecule has 4 heteroatoms. The first-order valence-electron chi connectivity index (χ1n) is 5.66. The smallest absolute Gasteiger partial charge is 0.126 e. The highest BCUT2D eigenvalue weighted by atomic mass is 32.2. The number of hydrogen-bond donors (Lipinski definition) is 1. The van der Waals surface area contributed by atoms with E-state index in [4.69, 9.17) is 0 Å². The van der Waals surface area contributed by atoms with Crippen molar-refractivity contribution in [3.05, 3.63) is 29.8 Å². The molecule has 0 aromatic carbocycles. The van der Waals surface area contributed by atoms with Crippen LogP contribution in [0.25, 0.3) is 0 Å². The average molecular weight is 239 g/mol. The molecule has 2 saturated heterocycles. The van der Waals surface area contributed by atoms with Crippen LogP contribution in [0, 0.1) is 5.82 Å². The molecule has 2 atom stereocenters. The predicted molar refractivity (Wildman–Crippen MR) is 61.7 cm³/mol. The van der Waals surface area contributed by atoms with Gasteiger partial charge in [-0.1, -0.05) is 0 Å². The van der Waals surface area contributed by atoms with Gasteiger partial charge in [0.2, 0.25) is 0 Å². The molecule has 2 unspecified atom stereocenters. The molecule has 1 aromatic rings. The summed E-state index contributed by atoms with van der Waals surface area (Å²) in [6.07, 6.45) is 5.21. The first-order valence-corrected chi connectivity index (χ1v) is 6.60. The van der Waals surface area contributed by atoms with Crippen molar-refractivity contribution in [3.8, 4) is 0 Å². The fraction of sp³-hybridized carbons (Fsp3) is 0.583. The Morgan fingerprint density at radius 1 is 1.38 bits per heavy atom. The molecule has 2 nitrogen and oxygen atoms in total. The van der Waals surface area contributed by atoms with Crippen molar-refractivity contribution in [1.82, 2.24) is 4.98 Å². The van der Waals surface area contributed by atoms with E-state index in [1.54, 1.807) is 0 Å². The van der Waals surface area contributed by atoms with E-state index in [-0.39, 0.29) is 5.82 Å². The Kier molecular flexibility index (Phi) is 2.44. The van der Waals surface area contributed by atoms with Crippen molar-refractivity contribution in [2.45, 2.75) is 41.8 Å². The second-order valence-electron chi connectivity index (χ2n) is 4.76. The van der Waals surface area contributed by atoms with Crippen LogP contribution in [-0.4, -0.2) is 20.6 Å². The van der Waals surface area contributed by atoms with Crippen molar-refractivity contribution in [2.75, 3.05) is 0 Å². The first kappa shape index (κ1) is 10.5. The van der Waals surface area contributed by atoms with Gasteiger partial charge in [-0.3, -0.25) is 4.98 Å². The standard InChI is InChI=1S/C12H14FNOS/c13-8-3-4-14-11(5-8)12(15)6-9-1-2-10(7-12)16-9/h3-5,9-10,15H,1-2,6-7H2. The first-order chi connectivity index (χ1) is 7.66. The van der Waals surface area contributed by atoms with Gasteiger partial charge in [0, 0.05) is 16.7 Å². The highest BCUT2D eigenvalue weighted by Crippen LogP contribution is 2.50. The summed E-state index contributed by atoms with van der Waals surface area (Å²) in [5.74, 6) is -0.316. The lowest BCUT2D eigenvalue weighted by Gasteiger charge is -2.35. The van der Waals surface area contributed by atoms with Gasteiger partial charge in [-0.25, -0.2) is 4.39 Å². The molecule has 16 heavy (non-hydrogen) atoms. The van der Waals surface area contributed by atoms with Gasteiger partial charge in [0.05, 0.1) is 5.69 Å². The maximum atomic E-state index is 13.1. The summed E-state index contributed by atoms with van der Waals surface area (Å²) in [4.78, 5) is 4.13. The summed E-state index contributed by atoms with van der Waals surface area (Å²) in [5.41, 5.74) is -0.399. The van der Waals surface area contributed by atoms with Crippen LogP contribution in [0.15, 0.2) is 18.3 Å². The van der Waals surface area contributed by atoms with E-state index >= 15 is 0 Å². The number of rotatable bonds is 1. The molecular weight excluding hydrogens is 225 g/mol. The normalized spacial score (nSPS) is 37.6. The molecular formula is C12H14FNOS. The summed E-state index contributed by atoms with van der Waals surface area (Å²) < 4.78 is 13.1. The highest BCUT2D eigenvalue weighted by molar-refractivity contribution is 8.00. The van der Waals surface area contributed by atoms with Crippen LogP contribution in [-0.2, 0) is 5.60 Å². The highest BCUT2D eigenvalue weighted by Gasteiger charge is 2.45. The third-order valence-electron chi connectivity index (χ3n) is 3.53. The van der Waals surface area contributed by atoms with E-state index in [1.807, 2.05) is 11.8 Å². The van der Waals surface area contributed by atoms with E-state index in [2.05, 4.69) is 4.98 Å². The maximum Gasteiger partial charge on any atom is 0.126 e. The number of thioether (sulfide) groups is 1. The van der Waals surface area contributed by atoms with Crippen molar-refractivity contribution < 1.29 is 9.50 Å². The Labute approximate surface area is 98.3 Å². The molecule has 2 aliphatic rings. The number of aromatic nitrogens is 1. The van der Waals surface area contributed by atoms with Crippen LogP contribution in [0.1, 0.15) is 31.4 Å². The fourth-order valence-electron chi connectivity index (χ4n) is 2.79. The van der Waals surface area contributed by atoms with E-state index < -0.39 is 5.60 Å². The Morgan fingerprint density at radius 3 is 2.69 bits per heavy atom. The van der Waals surface area contributed by atoms with E-state index in [0.717, 1.165) is 0 Å². The Morgan fingerprint density at radius 2 is 2.06 bits per heavy atom. The molecule has 1 aromatic heterocycles. The number of halogens is 1. The fourth-order valence-corrected chi connectivity index (χ4v) is 4.62. The Bertz CT molecular complexity index is 400. The molecule has 0 amide bonds. The summed E-state index contributed by atoms with van der Waals surface area (Å²) in [7, 11) is 0. The molecule has 0 saturated carbocycles. The molecule has 3 rings (SSSR count). The number of fused-ring (bicyclic) bond motifs is 2. The molecule has 1 N–H and O–H groups in total. The van der Waals surface area contributed by atoms with Gasteiger partial charge in [0.1, 0.15) is 11.4 Å². The largest absolute Gasteiger partial charge is 0.383 e. The Balaban J connectivity index is 1.93. The van der Waals surface area contributed by atoms with Crippen LogP contribution in [0.3, 0.4) is 0 Å². The molecule has 86 valence electrons. The van der Waals surface area contributed by atoms with Gasteiger partial charge in [0.25, 0.3) is 0 Å². The maximum absolute atomic E-state index is 13.1. The van der Waals surface area contributed by atoms with Crippen molar-refractivity contribution >= 4 is 11.8 Å². The SMILES string of the molecule is OC1(c2cc(F)ccn2)CC2CCC(C1)S2. The minimum atomic E-state index is -0.904. The number of hydrogen-bond acceptors (Lipinski definition) is 3. The van der Waals surface area contributed by atoms with Crippen molar-refractivity contribution in [1.29, 1.82) is 0 Å². The number of aliphatic hydroxyl groups is 1. The van der Waals surface area contributed by atoms with Crippen LogP contribution < -0.4 is 0 Å². The third-order valence-corrected chi connectivity index (χ3v) is 5.10. The second kappa shape index (κ2) is 3.70. The van der Waals surface area contributed by atoms with E-state index in [9.17, 15) is 9.50 Å². The predicted octanol–water partition coefficient (Wildman–Crippen LogP) is 2.47. The summed E-state index contributed by atoms with van der Waals surface area (Å²) >= 11 is 1.97. The van der Waals surface area contributed by atoms with Gasteiger partial charge >= 0.3 is 0 Å². The van der Waals surface area contributed by atoms with Crippen LogP contribution in [0.4, 0.5) is 4.39 Å². The molecule has 2 aliphatic heterocycles. The average Bonchev–Trinajstić information content (AvgIpc) is 2.59. The topological polar surface area (TPSA) is 33.1 Å². The zero-order valence-electron chi connectivity index (χ0n) is 8.90. The minimum absolute atomic E-state index is 0.316. The summed E-state index contributed by atoms with van der Waals surface area (Å²) in [6.45, 7) is 0. The molecule has 3 heterocycles. The van der Waals surface area contributed by atoms with Gasteiger partial charge in [-0.05, 0) is 37.8 Å². The van der Waals surface area contributed by atoms with Crippen LogP contribution >= 0.6 is 11.8 Å². The minimum Gasteiger partial charge on any atom is -0.383 e. The lowest BCUT2D eigenvalue weighted by molar-refractivity contribution is 0.0150. The molecule has 0 spiro atoms. The summed E-state index contributed by atoms with van der Waals surface area (Å²) in [5, 5.41) is 11.6. The van der Waals surface area contributed by atoms with Crippen LogP contribution in [0.2, 0.25) is 0 Å². The molecule has 2 fully saturated rings. The number of nitrogens with zero attached hydrogens (tertiary/aromatic N) is 1. The molecule has 0 radical (unpaired) electrons. The van der Waals surface area contributed by atoms with Gasteiger partial charge in [-0.2, -0.15) is 11.8 Å². The lowest BCUT2D eigenvalue weighted by atomic mass is 9.89.